The summed E-state index contributed by atoms with van der Waals surface area (Å²) in [5, 5.41) is 11.8. The molecule has 124 valence electrons. The molecule has 0 aromatic heterocycles. The van der Waals surface area contributed by atoms with E-state index in [9.17, 15) is 14.4 Å². The molecular weight excluding hydrogens is 316 g/mol. The zero-order valence-electron chi connectivity index (χ0n) is 12.9. The lowest BCUT2D eigenvalue weighted by molar-refractivity contribution is -0.138. The minimum absolute atomic E-state index is 0.0321. The Morgan fingerprint density at radius 3 is 2.65 bits per heavy atom. The predicted molar refractivity (Wildman–Crippen MR) is 87.8 cm³/mol. The summed E-state index contributed by atoms with van der Waals surface area (Å²) in [6, 6.07) is 8.42. The monoisotopic (exact) mass is 336 g/mol. The maximum atomic E-state index is 12.5. The van der Waals surface area contributed by atoms with Crippen LogP contribution in [0.25, 0.3) is 0 Å². The van der Waals surface area contributed by atoms with Gasteiger partial charge in [0.05, 0.1) is 11.9 Å². The van der Waals surface area contributed by atoms with Crippen molar-refractivity contribution in [2.75, 3.05) is 11.6 Å². The van der Waals surface area contributed by atoms with Crippen LogP contribution in [0.1, 0.15) is 31.4 Å². The number of nitrogens with one attached hydrogen (secondary N) is 1. The second-order valence-corrected chi connectivity index (χ2v) is 6.41. The molecule has 0 aliphatic carbocycles. The number of carboxylic acids is 1. The molecule has 0 spiro atoms. The molecule has 1 saturated heterocycles. The third kappa shape index (κ3) is 4.72. The normalized spacial score (nSPS) is 18.5. The summed E-state index contributed by atoms with van der Waals surface area (Å²) in [6.45, 7) is 1.45. The standard InChI is InChI=1S/C16H20N2O4S/c1-11(19)18-10-23-9-14(18)16(22)17-13(7-8-15(20)21)12-5-3-2-4-6-12/h2-6,13-14H,7-10H2,1H3,(H,17,22)(H,20,21)/t13-,14-/m1/s1. The number of aliphatic carboxylic acids is 1. The molecule has 6 nitrogen and oxygen atoms in total. The number of carbonyl (C=O) groups is 3. The first-order valence-electron chi connectivity index (χ1n) is 7.41. The van der Waals surface area contributed by atoms with Gasteiger partial charge in [-0.25, -0.2) is 0 Å². The highest BCUT2D eigenvalue weighted by Gasteiger charge is 2.34. The minimum Gasteiger partial charge on any atom is -0.481 e. The van der Waals surface area contributed by atoms with Gasteiger partial charge in [0.2, 0.25) is 11.8 Å². The molecule has 2 amide bonds. The molecule has 7 heteroatoms. The molecule has 0 saturated carbocycles. The molecule has 0 radical (unpaired) electrons. The summed E-state index contributed by atoms with van der Waals surface area (Å²) in [6.07, 6.45) is 0.278. The van der Waals surface area contributed by atoms with Gasteiger partial charge in [-0.05, 0) is 12.0 Å². The molecule has 23 heavy (non-hydrogen) atoms. The highest BCUT2D eigenvalue weighted by molar-refractivity contribution is 7.99. The third-order valence-corrected chi connectivity index (χ3v) is 4.77. The van der Waals surface area contributed by atoms with E-state index in [1.54, 1.807) is 4.90 Å². The van der Waals surface area contributed by atoms with Crippen LogP contribution < -0.4 is 5.32 Å². The number of rotatable bonds is 6. The Balaban J connectivity index is 2.09. The van der Waals surface area contributed by atoms with Crippen LogP contribution in [0, 0.1) is 0 Å². The van der Waals surface area contributed by atoms with Gasteiger partial charge in [0, 0.05) is 19.1 Å². The molecule has 2 atom stereocenters. The van der Waals surface area contributed by atoms with Gasteiger partial charge in [0.25, 0.3) is 0 Å². The Hall–Kier alpha value is -2.02. The fraction of sp³-hybridized carbons (Fsp3) is 0.438. The lowest BCUT2D eigenvalue weighted by Crippen LogP contribution is -2.47. The molecule has 1 fully saturated rings. The lowest BCUT2D eigenvalue weighted by atomic mass is 10.0. The predicted octanol–water partition coefficient (Wildman–Crippen LogP) is 1.63. The van der Waals surface area contributed by atoms with Crippen LogP contribution in [0.15, 0.2) is 30.3 Å². The average molecular weight is 336 g/mol. The first-order valence-corrected chi connectivity index (χ1v) is 8.56. The largest absolute Gasteiger partial charge is 0.481 e. The fourth-order valence-electron chi connectivity index (χ4n) is 2.51. The summed E-state index contributed by atoms with van der Waals surface area (Å²) in [5.41, 5.74) is 0.863. The molecule has 1 aromatic rings. The molecule has 1 aliphatic rings. The Morgan fingerprint density at radius 2 is 2.04 bits per heavy atom. The Morgan fingerprint density at radius 1 is 1.35 bits per heavy atom. The van der Waals surface area contributed by atoms with Crippen LogP contribution in [-0.2, 0) is 14.4 Å². The van der Waals surface area contributed by atoms with E-state index in [-0.39, 0.29) is 24.3 Å². The van der Waals surface area contributed by atoms with Gasteiger partial charge in [0.15, 0.2) is 0 Å². The van der Waals surface area contributed by atoms with Crippen molar-refractivity contribution in [3.8, 4) is 0 Å². The number of hydrogen-bond donors (Lipinski definition) is 2. The summed E-state index contributed by atoms with van der Waals surface area (Å²) in [4.78, 5) is 36.5. The average Bonchev–Trinajstić information content (AvgIpc) is 3.02. The van der Waals surface area contributed by atoms with Crippen LogP contribution in [0.2, 0.25) is 0 Å². The third-order valence-electron chi connectivity index (χ3n) is 3.75. The highest BCUT2D eigenvalue weighted by Crippen LogP contribution is 2.23. The first kappa shape index (κ1) is 17.3. The van der Waals surface area contributed by atoms with Crippen molar-refractivity contribution >= 4 is 29.5 Å². The number of carboxylic acid groups (broad SMARTS) is 1. The van der Waals surface area contributed by atoms with Crippen LogP contribution >= 0.6 is 11.8 Å². The fourth-order valence-corrected chi connectivity index (χ4v) is 3.73. The molecule has 2 rings (SSSR count). The maximum Gasteiger partial charge on any atom is 0.303 e. The van der Waals surface area contributed by atoms with E-state index in [0.29, 0.717) is 18.1 Å². The van der Waals surface area contributed by atoms with Gasteiger partial charge in [-0.15, -0.1) is 11.8 Å². The number of benzene rings is 1. The maximum absolute atomic E-state index is 12.5. The van der Waals surface area contributed by atoms with Crippen LogP contribution in [-0.4, -0.2) is 45.5 Å². The number of thioether (sulfide) groups is 1. The van der Waals surface area contributed by atoms with Crippen LogP contribution in [0.3, 0.4) is 0 Å². The van der Waals surface area contributed by atoms with Gasteiger partial charge in [-0.3, -0.25) is 14.4 Å². The Kier molecular flexibility index (Phi) is 6.04. The van der Waals surface area contributed by atoms with Crippen molar-refractivity contribution in [2.45, 2.75) is 31.8 Å². The Labute approximate surface area is 139 Å². The van der Waals surface area contributed by atoms with Crippen molar-refractivity contribution in [3.63, 3.8) is 0 Å². The van der Waals surface area contributed by atoms with E-state index in [2.05, 4.69) is 5.32 Å². The van der Waals surface area contributed by atoms with Gasteiger partial charge in [-0.1, -0.05) is 30.3 Å². The smallest absolute Gasteiger partial charge is 0.303 e. The van der Waals surface area contributed by atoms with Gasteiger partial charge in [0.1, 0.15) is 6.04 Å². The zero-order valence-corrected chi connectivity index (χ0v) is 13.7. The van der Waals surface area contributed by atoms with E-state index < -0.39 is 12.0 Å². The van der Waals surface area contributed by atoms with E-state index in [1.807, 2.05) is 30.3 Å². The number of amides is 2. The number of carbonyl (C=O) groups excluding carboxylic acids is 2. The van der Waals surface area contributed by atoms with Gasteiger partial charge < -0.3 is 15.3 Å². The highest BCUT2D eigenvalue weighted by atomic mass is 32.2. The number of hydrogen-bond acceptors (Lipinski definition) is 4. The molecule has 1 aliphatic heterocycles. The Bertz CT molecular complexity index is 579. The molecule has 1 aromatic carbocycles. The SMILES string of the molecule is CC(=O)N1CSC[C@@H]1C(=O)N[C@H](CCC(=O)O)c1ccccc1. The quantitative estimate of drug-likeness (QED) is 0.824. The second kappa shape index (κ2) is 8.01. The van der Waals surface area contributed by atoms with Crippen molar-refractivity contribution in [3.05, 3.63) is 35.9 Å². The molecule has 1 heterocycles. The molecular formula is C16H20N2O4S. The van der Waals surface area contributed by atoms with E-state index in [1.165, 1.54) is 18.7 Å². The zero-order chi connectivity index (χ0) is 16.8. The summed E-state index contributed by atoms with van der Waals surface area (Å²) < 4.78 is 0. The van der Waals surface area contributed by atoms with Crippen molar-refractivity contribution in [1.29, 1.82) is 0 Å². The summed E-state index contributed by atoms with van der Waals surface area (Å²) >= 11 is 1.54. The van der Waals surface area contributed by atoms with E-state index in [0.717, 1.165) is 5.56 Å². The van der Waals surface area contributed by atoms with Crippen molar-refractivity contribution in [1.82, 2.24) is 10.2 Å². The first-order chi connectivity index (χ1) is 11.0. The molecule has 0 unspecified atom stereocenters. The van der Waals surface area contributed by atoms with Crippen LogP contribution in [0.4, 0.5) is 0 Å². The van der Waals surface area contributed by atoms with Crippen molar-refractivity contribution < 1.29 is 19.5 Å². The van der Waals surface area contributed by atoms with Gasteiger partial charge in [-0.2, -0.15) is 0 Å². The van der Waals surface area contributed by atoms with E-state index in [4.69, 9.17) is 5.11 Å². The van der Waals surface area contributed by atoms with E-state index >= 15 is 0 Å². The minimum atomic E-state index is -0.901. The topological polar surface area (TPSA) is 86.7 Å². The van der Waals surface area contributed by atoms with Gasteiger partial charge >= 0.3 is 5.97 Å². The second-order valence-electron chi connectivity index (χ2n) is 5.41. The lowest BCUT2D eigenvalue weighted by Gasteiger charge is -2.25. The summed E-state index contributed by atoms with van der Waals surface area (Å²) in [7, 11) is 0. The number of nitrogens with zero attached hydrogens (tertiary/aromatic N) is 1. The molecule has 2 N–H and O–H groups in total. The van der Waals surface area contributed by atoms with Crippen molar-refractivity contribution in [2.24, 2.45) is 0 Å². The molecule has 0 bridgehead atoms. The van der Waals surface area contributed by atoms with Crippen LogP contribution in [0.5, 0.6) is 0 Å². The summed E-state index contributed by atoms with van der Waals surface area (Å²) in [5.74, 6) is -0.187.